The third-order valence-electron chi connectivity index (χ3n) is 3.15. The van der Waals surface area contributed by atoms with Crippen LogP contribution in [0.2, 0.25) is 0 Å². The van der Waals surface area contributed by atoms with Crippen molar-refractivity contribution in [3.05, 3.63) is 0 Å². The van der Waals surface area contributed by atoms with Crippen molar-refractivity contribution in [1.29, 1.82) is 0 Å². The Hall–Kier alpha value is -0.820. The third-order valence-corrected chi connectivity index (χ3v) is 3.15. The van der Waals surface area contributed by atoms with E-state index >= 15 is 0 Å². The molecule has 1 N–H and O–H groups in total. The molecule has 112 valence electrons. The Morgan fingerprint density at radius 2 is 1.95 bits per heavy atom. The van der Waals surface area contributed by atoms with Crippen molar-refractivity contribution in [2.45, 2.75) is 44.3 Å². The fourth-order valence-electron chi connectivity index (χ4n) is 2.33. The molecule has 19 heavy (non-hydrogen) atoms. The van der Waals surface area contributed by atoms with Crippen LogP contribution in [-0.2, 0) is 9.53 Å². The minimum atomic E-state index is -4.36. The first-order valence-corrected chi connectivity index (χ1v) is 6.49. The van der Waals surface area contributed by atoms with Crippen LogP contribution in [0, 0.1) is 0 Å². The van der Waals surface area contributed by atoms with E-state index in [1.807, 2.05) is 0 Å². The molecule has 0 atom stereocenters. The van der Waals surface area contributed by atoms with Crippen LogP contribution in [0.4, 0.5) is 13.2 Å². The van der Waals surface area contributed by atoms with Crippen molar-refractivity contribution in [1.82, 2.24) is 4.90 Å². The average molecular weight is 283 g/mol. The van der Waals surface area contributed by atoms with E-state index < -0.39 is 12.8 Å². The summed E-state index contributed by atoms with van der Waals surface area (Å²) >= 11 is 0. The fourth-order valence-corrected chi connectivity index (χ4v) is 2.33. The van der Waals surface area contributed by atoms with Gasteiger partial charge in [-0.15, -0.1) is 0 Å². The van der Waals surface area contributed by atoms with Crippen LogP contribution in [-0.4, -0.2) is 54.5 Å². The van der Waals surface area contributed by atoms with Crippen LogP contribution >= 0.6 is 0 Å². The van der Waals surface area contributed by atoms with Gasteiger partial charge in [0.05, 0.1) is 19.6 Å². The number of aliphatic hydroxyl groups is 1. The van der Waals surface area contributed by atoms with E-state index in [0.29, 0.717) is 0 Å². The minimum absolute atomic E-state index is 0.0768. The second kappa shape index (κ2) is 7.69. The maximum atomic E-state index is 11.9. The zero-order chi connectivity index (χ0) is 14.3. The number of nitrogens with zero attached hydrogens (tertiary/aromatic N) is 1. The molecule has 1 aliphatic carbocycles. The highest BCUT2D eigenvalue weighted by Gasteiger charge is 2.28. The Balaban J connectivity index is 2.31. The summed E-state index contributed by atoms with van der Waals surface area (Å²) < 4.78 is 40.0. The second-order valence-corrected chi connectivity index (χ2v) is 4.67. The standard InChI is InChI=1S/C12H20F3NO3/c13-12(14,15)9-19-8-5-11(18)16(6-7-17)10-3-1-2-4-10/h10,17H,1-9H2. The smallest absolute Gasteiger partial charge is 0.395 e. The van der Waals surface area contributed by atoms with E-state index in [9.17, 15) is 18.0 Å². The molecule has 7 heteroatoms. The highest BCUT2D eigenvalue weighted by molar-refractivity contribution is 5.76. The second-order valence-electron chi connectivity index (χ2n) is 4.67. The molecule has 0 aromatic heterocycles. The van der Waals surface area contributed by atoms with Crippen LogP contribution in [0.3, 0.4) is 0 Å². The average Bonchev–Trinajstić information content (AvgIpc) is 2.83. The molecular formula is C12H20F3NO3. The highest BCUT2D eigenvalue weighted by atomic mass is 19.4. The molecule has 0 bridgehead atoms. The molecule has 1 amide bonds. The number of amides is 1. The molecule has 0 aliphatic heterocycles. The summed E-state index contributed by atoms with van der Waals surface area (Å²) in [5.74, 6) is -0.247. The SMILES string of the molecule is O=C(CCOCC(F)(F)F)N(CCO)C1CCCC1. The zero-order valence-electron chi connectivity index (χ0n) is 10.8. The van der Waals surface area contributed by atoms with Crippen molar-refractivity contribution in [2.75, 3.05) is 26.4 Å². The van der Waals surface area contributed by atoms with E-state index in [2.05, 4.69) is 4.74 Å². The molecule has 1 saturated carbocycles. The zero-order valence-corrected chi connectivity index (χ0v) is 10.8. The summed E-state index contributed by atoms with van der Waals surface area (Å²) in [6.45, 7) is -1.47. The lowest BCUT2D eigenvalue weighted by atomic mass is 10.2. The number of aliphatic hydroxyl groups excluding tert-OH is 1. The van der Waals surface area contributed by atoms with Crippen LogP contribution in [0.25, 0.3) is 0 Å². The van der Waals surface area contributed by atoms with Crippen molar-refractivity contribution in [3.8, 4) is 0 Å². The number of rotatable bonds is 7. The van der Waals surface area contributed by atoms with E-state index in [4.69, 9.17) is 5.11 Å². The maximum absolute atomic E-state index is 11.9. The molecule has 0 radical (unpaired) electrons. The molecule has 4 nitrogen and oxygen atoms in total. The molecule has 0 saturated heterocycles. The van der Waals surface area contributed by atoms with Crippen molar-refractivity contribution < 1.29 is 27.8 Å². The lowest BCUT2D eigenvalue weighted by molar-refractivity contribution is -0.175. The highest BCUT2D eigenvalue weighted by Crippen LogP contribution is 2.24. The van der Waals surface area contributed by atoms with E-state index in [1.165, 1.54) is 0 Å². The topological polar surface area (TPSA) is 49.8 Å². The molecule has 0 aromatic rings. The lowest BCUT2D eigenvalue weighted by Gasteiger charge is -2.28. The van der Waals surface area contributed by atoms with Gasteiger partial charge in [-0.25, -0.2) is 0 Å². The summed E-state index contributed by atoms with van der Waals surface area (Å²) in [6.07, 6.45) is -0.551. The van der Waals surface area contributed by atoms with Gasteiger partial charge in [0.15, 0.2) is 0 Å². The van der Waals surface area contributed by atoms with Crippen molar-refractivity contribution in [2.24, 2.45) is 0 Å². The van der Waals surface area contributed by atoms with E-state index in [0.717, 1.165) is 25.7 Å². The Bertz CT molecular complexity index is 278. The lowest BCUT2D eigenvalue weighted by Crippen LogP contribution is -2.41. The van der Waals surface area contributed by atoms with Gasteiger partial charge < -0.3 is 14.7 Å². The van der Waals surface area contributed by atoms with Crippen molar-refractivity contribution in [3.63, 3.8) is 0 Å². The Kier molecular flexibility index (Phi) is 6.57. The van der Waals surface area contributed by atoms with E-state index in [1.54, 1.807) is 4.90 Å². The number of hydrogen-bond acceptors (Lipinski definition) is 3. The largest absolute Gasteiger partial charge is 0.411 e. The monoisotopic (exact) mass is 283 g/mol. The van der Waals surface area contributed by atoms with Crippen LogP contribution in [0.5, 0.6) is 0 Å². The van der Waals surface area contributed by atoms with Gasteiger partial charge in [0.25, 0.3) is 0 Å². The van der Waals surface area contributed by atoms with Crippen LogP contribution in [0.1, 0.15) is 32.1 Å². The first-order chi connectivity index (χ1) is 8.94. The maximum Gasteiger partial charge on any atom is 0.411 e. The fraction of sp³-hybridized carbons (Fsp3) is 0.917. The van der Waals surface area contributed by atoms with Gasteiger partial charge in [0.2, 0.25) is 5.91 Å². The van der Waals surface area contributed by atoms with Crippen LogP contribution < -0.4 is 0 Å². The Labute approximate surface area is 110 Å². The summed E-state index contributed by atoms with van der Waals surface area (Å²) in [7, 11) is 0. The summed E-state index contributed by atoms with van der Waals surface area (Å²) in [6, 6.07) is 0.113. The molecular weight excluding hydrogens is 263 g/mol. The van der Waals surface area contributed by atoms with Gasteiger partial charge in [-0.05, 0) is 12.8 Å². The van der Waals surface area contributed by atoms with Gasteiger partial charge in [-0.2, -0.15) is 13.2 Å². The number of ether oxygens (including phenoxy) is 1. The number of halogens is 3. The van der Waals surface area contributed by atoms with Crippen LogP contribution in [0.15, 0.2) is 0 Å². The first-order valence-electron chi connectivity index (χ1n) is 6.49. The summed E-state index contributed by atoms with van der Waals surface area (Å²) in [5.41, 5.74) is 0. The van der Waals surface area contributed by atoms with Gasteiger partial charge in [-0.3, -0.25) is 4.79 Å². The molecule has 0 unspecified atom stereocenters. The number of carbonyl (C=O) groups is 1. The van der Waals surface area contributed by atoms with Gasteiger partial charge >= 0.3 is 6.18 Å². The van der Waals surface area contributed by atoms with Gasteiger partial charge in [-0.1, -0.05) is 12.8 Å². The minimum Gasteiger partial charge on any atom is -0.395 e. The van der Waals surface area contributed by atoms with E-state index in [-0.39, 0.29) is 38.1 Å². The molecule has 0 aromatic carbocycles. The predicted octanol–water partition coefficient (Wildman–Crippen LogP) is 1.72. The molecule has 1 aliphatic rings. The van der Waals surface area contributed by atoms with Gasteiger partial charge in [0, 0.05) is 12.6 Å². The molecule has 1 fully saturated rings. The number of hydrogen-bond donors (Lipinski definition) is 1. The third kappa shape index (κ3) is 6.24. The Morgan fingerprint density at radius 1 is 1.32 bits per heavy atom. The summed E-state index contributed by atoms with van der Waals surface area (Å²) in [4.78, 5) is 13.5. The number of carbonyl (C=O) groups excluding carboxylic acids is 1. The predicted molar refractivity (Wildman–Crippen MR) is 62.5 cm³/mol. The van der Waals surface area contributed by atoms with Crippen molar-refractivity contribution >= 4 is 5.91 Å². The normalized spacial score (nSPS) is 16.8. The summed E-state index contributed by atoms with van der Waals surface area (Å²) in [5, 5.41) is 8.95. The Morgan fingerprint density at radius 3 is 2.47 bits per heavy atom. The first kappa shape index (κ1) is 16.2. The number of alkyl halides is 3. The van der Waals surface area contributed by atoms with Gasteiger partial charge in [0.1, 0.15) is 6.61 Å². The molecule has 1 rings (SSSR count). The molecule has 0 spiro atoms. The molecule has 0 heterocycles. The quantitative estimate of drug-likeness (QED) is 0.724.